The summed E-state index contributed by atoms with van der Waals surface area (Å²) in [6.45, 7) is 0.721. The largest absolute Gasteiger partial charge is 0.310 e. The Morgan fingerprint density at radius 3 is 2.74 bits per heavy atom. The highest BCUT2D eigenvalue weighted by Gasteiger charge is 2.35. The highest BCUT2D eigenvalue weighted by Crippen LogP contribution is 2.32. The van der Waals surface area contributed by atoms with Crippen LogP contribution in [0.2, 0.25) is 0 Å². The molecule has 3 rings (SSSR count). The molecule has 0 aliphatic carbocycles. The molecule has 1 N–H and O–H groups in total. The van der Waals surface area contributed by atoms with Crippen molar-refractivity contribution >= 4 is 0 Å². The van der Waals surface area contributed by atoms with Gasteiger partial charge >= 0.3 is 0 Å². The van der Waals surface area contributed by atoms with Crippen LogP contribution in [0, 0.1) is 5.82 Å². The number of nitrogens with zero attached hydrogens (tertiary/aromatic N) is 2. The van der Waals surface area contributed by atoms with E-state index in [1.807, 2.05) is 0 Å². The van der Waals surface area contributed by atoms with Crippen molar-refractivity contribution in [3.05, 3.63) is 29.8 Å². The fraction of sp³-hybridized carbons (Fsp3) is 0.667. The quantitative estimate of drug-likeness (QED) is 0.907. The molecule has 0 aromatic carbocycles. The highest BCUT2D eigenvalue weighted by atomic mass is 19.1. The average molecular weight is 263 g/mol. The maximum atomic E-state index is 13.1. The summed E-state index contributed by atoms with van der Waals surface area (Å²) in [6.07, 6.45) is 9.46. The van der Waals surface area contributed by atoms with E-state index in [1.54, 1.807) is 12.3 Å². The van der Waals surface area contributed by atoms with Crippen LogP contribution in [-0.2, 0) is 6.54 Å². The Morgan fingerprint density at radius 2 is 2.05 bits per heavy atom. The molecule has 1 aromatic heterocycles. The van der Waals surface area contributed by atoms with Crippen LogP contribution in [0.25, 0.3) is 0 Å². The van der Waals surface area contributed by atoms with E-state index in [-0.39, 0.29) is 5.82 Å². The zero-order valence-corrected chi connectivity index (χ0v) is 11.5. The minimum absolute atomic E-state index is 0.250. The molecule has 0 radical (unpaired) electrons. The zero-order chi connectivity index (χ0) is 13.2. The SMILES string of the molecule is CN1C2CCCC1CC(NCc1cncc(F)c1)C2. The van der Waals surface area contributed by atoms with Crippen LogP contribution in [0.15, 0.2) is 18.5 Å². The van der Waals surface area contributed by atoms with Crippen molar-refractivity contribution in [1.29, 1.82) is 0 Å². The lowest BCUT2D eigenvalue weighted by molar-refractivity contribution is 0.0482. The molecule has 2 aliphatic rings. The van der Waals surface area contributed by atoms with Gasteiger partial charge in [-0.1, -0.05) is 6.42 Å². The summed E-state index contributed by atoms with van der Waals surface area (Å²) in [6, 6.07) is 3.59. The first-order valence-corrected chi connectivity index (χ1v) is 7.27. The molecule has 2 aliphatic heterocycles. The van der Waals surface area contributed by atoms with Crippen molar-refractivity contribution < 1.29 is 4.39 Å². The molecular formula is C15H22FN3. The maximum absolute atomic E-state index is 13.1. The number of piperidine rings is 2. The van der Waals surface area contributed by atoms with Gasteiger partial charge in [0.1, 0.15) is 5.82 Å². The van der Waals surface area contributed by atoms with Crippen LogP contribution in [0.3, 0.4) is 0 Å². The van der Waals surface area contributed by atoms with E-state index in [0.29, 0.717) is 6.04 Å². The lowest BCUT2D eigenvalue weighted by Crippen LogP contribution is -2.54. The standard InChI is InChI=1S/C15H22FN3/c1-19-14-3-2-4-15(19)7-13(6-14)18-9-11-5-12(16)10-17-8-11/h5,8,10,13-15,18H,2-4,6-7,9H2,1H3. The van der Waals surface area contributed by atoms with Crippen molar-refractivity contribution in [3.63, 3.8) is 0 Å². The Bertz CT molecular complexity index is 423. The second-order valence-corrected chi connectivity index (χ2v) is 5.96. The first kappa shape index (κ1) is 13.0. The molecule has 0 spiro atoms. The van der Waals surface area contributed by atoms with Crippen LogP contribution in [0.4, 0.5) is 4.39 Å². The van der Waals surface area contributed by atoms with Crippen molar-refractivity contribution in [2.24, 2.45) is 0 Å². The highest BCUT2D eigenvalue weighted by molar-refractivity contribution is 5.10. The van der Waals surface area contributed by atoms with Crippen LogP contribution in [0.5, 0.6) is 0 Å². The van der Waals surface area contributed by atoms with Crippen LogP contribution in [-0.4, -0.2) is 35.1 Å². The molecular weight excluding hydrogens is 241 g/mol. The second kappa shape index (κ2) is 5.55. The number of fused-ring (bicyclic) bond motifs is 2. The third kappa shape index (κ3) is 2.95. The monoisotopic (exact) mass is 263 g/mol. The Morgan fingerprint density at radius 1 is 1.32 bits per heavy atom. The van der Waals surface area contributed by atoms with Gasteiger partial charge in [-0.2, -0.15) is 0 Å². The Hall–Kier alpha value is -1.00. The molecule has 19 heavy (non-hydrogen) atoms. The van der Waals surface area contributed by atoms with Gasteiger partial charge in [0.05, 0.1) is 6.20 Å². The smallest absolute Gasteiger partial charge is 0.141 e. The summed E-state index contributed by atoms with van der Waals surface area (Å²) in [7, 11) is 2.27. The van der Waals surface area contributed by atoms with E-state index < -0.39 is 0 Å². The molecule has 2 bridgehead atoms. The van der Waals surface area contributed by atoms with Crippen LogP contribution in [0.1, 0.15) is 37.7 Å². The molecule has 2 fully saturated rings. The molecule has 2 unspecified atom stereocenters. The van der Waals surface area contributed by atoms with Gasteiger partial charge in [-0.3, -0.25) is 4.98 Å². The molecule has 0 amide bonds. The number of nitrogens with one attached hydrogen (secondary N) is 1. The third-order valence-corrected chi connectivity index (χ3v) is 4.70. The van der Waals surface area contributed by atoms with Gasteiger partial charge in [0, 0.05) is 30.9 Å². The topological polar surface area (TPSA) is 28.2 Å². The van der Waals surface area contributed by atoms with E-state index in [2.05, 4.69) is 22.2 Å². The average Bonchev–Trinajstić information content (AvgIpc) is 2.37. The van der Waals surface area contributed by atoms with E-state index >= 15 is 0 Å². The number of aromatic nitrogens is 1. The normalized spacial score (nSPS) is 31.4. The molecule has 3 heterocycles. The van der Waals surface area contributed by atoms with Gasteiger partial charge in [0.15, 0.2) is 0 Å². The number of halogens is 1. The van der Waals surface area contributed by atoms with Gasteiger partial charge in [0.25, 0.3) is 0 Å². The minimum Gasteiger partial charge on any atom is -0.310 e. The molecule has 0 saturated carbocycles. The van der Waals surface area contributed by atoms with E-state index in [9.17, 15) is 4.39 Å². The number of rotatable bonds is 3. The third-order valence-electron chi connectivity index (χ3n) is 4.70. The fourth-order valence-corrected chi connectivity index (χ4v) is 3.60. The number of pyridine rings is 1. The molecule has 2 saturated heterocycles. The molecule has 3 nitrogen and oxygen atoms in total. The zero-order valence-electron chi connectivity index (χ0n) is 11.5. The van der Waals surface area contributed by atoms with Gasteiger partial charge < -0.3 is 10.2 Å². The van der Waals surface area contributed by atoms with Gasteiger partial charge in [-0.25, -0.2) is 4.39 Å². The van der Waals surface area contributed by atoms with Crippen LogP contribution >= 0.6 is 0 Å². The lowest BCUT2D eigenvalue weighted by Gasteiger charge is -2.47. The second-order valence-electron chi connectivity index (χ2n) is 5.96. The summed E-state index contributed by atoms with van der Waals surface area (Å²) >= 11 is 0. The van der Waals surface area contributed by atoms with Crippen molar-refractivity contribution in [2.75, 3.05) is 7.05 Å². The Balaban J connectivity index is 1.56. The molecule has 1 aromatic rings. The minimum atomic E-state index is -0.250. The molecule has 104 valence electrons. The summed E-state index contributed by atoms with van der Waals surface area (Å²) in [4.78, 5) is 6.45. The first-order valence-electron chi connectivity index (χ1n) is 7.27. The number of hydrogen-bond acceptors (Lipinski definition) is 3. The summed E-state index contributed by atoms with van der Waals surface area (Å²) in [5.41, 5.74) is 0.934. The van der Waals surface area contributed by atoms with E-state index in [1.165, 1.54) is 38.3 Å². The van der Waals surface area contributed by atoms with Crippen LogP contribution < -0.4 is 5.32 Å². The predicted molar refractivity (Wildman–Crippen MR) is 73.2 cm³/mol. The van der Waals surface area contributed by atoms with Gasteiger partial charge in [-0.15, -0.1) is 0 Å². The van der Waals surface area contributed by atoms with Crippen molar-refractivity contribution in [3.8, 4) is 0 Å². The van der Waals surface area contributed by atoms with Gasteiger partial charge in [0.2, 0.25) is 0 Å². The predicted octanol–water partition coefficient (Wildman–Crippen LogP) is 2.33. The summed E-state index contributed by atoms with van der Waals surface area (Å²) in [5, 5.41) is 3.58. The lowest BCUT2D eigenvalue weighted by atomic mass is 9.82. The molecule has 4 heteroatoms. The Kier molecular flexibility index (Phi) is 3.80. The molecule has 2 atom stereocenters. The van der Waals surface area contributed by atoms with Crippen molar-refractivity contribution in [1.82, 2.24) is 15.2 Å². The summed E-state index contributed by atoms with van der Waals surface area (Å²) < 4.78 is 13.1. The summed E-state index contributed by atoms with van der Waals surface area (Å²) in [5.74, 6) is -0.250. The van der Waals surface area contributed by atoms with Crippen molar-refractivity contribution in [2.45, 2.75) is 56.8 Å². The van der Waals surface area contributed by atoms with E-state index in [0.717, 1.165) is 24.2 Å². The first-order chi connectivity index (χ1) is 9.22. The fourth-order valence-electron chi connectivity index (χ4n) is 3.60. The van der Waals surface area contributed by atoms with E-state index in [4.69, 9.17) is 0 Å². The number of hydrogen-bond donors (Lipinski definition) is 1. The van der Waals surface area contributed by atoms with Gasteiger partial charge in [-0.05, 0) is 44.4 Å². The Labute approximate surface area is 114 Å². The maximum Gasteiger partial charge on any atom is 0.141 e.